The molecule has 0 aliphatic heterocycles. The third kappa shape index (κ3) is 12.0. The standard InChI is InChI=1S/C25H19FNO.C21H22N.C15H24O2.Ir/c1-14(2)16-8-9-19-18(23(16)26)10-11-27-24(19)21-13-15(3)12-20-17-6-4-5-7-22(17)28-25(20)21;1-14(2)9-17-5-6-20-18(13-17)7-8-22-21(20)19-11-15(3)10-16(4)12-19;16-14(9-12-5-1-2-6-12)11-15(17)10-13-7-3-4-8-13;/h4-12,14H,1-3H3;5-8,10-11,13-14H,9H2,1-4H3;11-13,16H,1-10H2;/q2*-1;;/b;;14-11-;. The van der Waals surface area contributed by atoms with Crippen LogP contribution < -0.4 is 0 Å². The van der Waals surface area contributed by atoms with E-state index in [0.717, 1.165) is 68.1 Å². The van der Waals surface area contributed by atoms with E-state index in [2.05, 4.69) is 98.3 Å². The molecule has 2 aliphatic rings. The number of rotatable bonds is 10. The average Bonchev–Trinajstić information content (AvgIpc) is 4.08. The number of aliphatic hydroxyl groups excluding tert-OH is 1. The van der Waals surface area contributed by atoms with Gasteiger partial charge in [0, 0.05) is 62.2 Å². The van der Waals surface area contributed by atoms with E-state index in [0.29, 0.717) is 46.6 Å². The monoisotopic (exact) mass is 1090 g/mol. The van der Waals surface area contributed by atoms with E-state index >= 15 is 4.39 Å². The van der Waals surface area contributed by atoms with Gasteiger partial charge in [0.05, 0.1) is 11.3 Å². The summed E-state index contributed by atoms with van der Waals surface area (Å²) in [6.07, 6.45) is 17.5. The first kappa shape index (κ1) is 50.4. The number of ketones is 1. The number of nitrogens with zero attached hydrogens (tertiary/aromatic N) is 2. The number of aromatic nitrogens is 2. The molecule has 8 aromatic rings. The molecule has 0 bridgehead atoms. The summed E-state index contributed by atoms with van der Waals surface area (Å²) < 4.78 is 21.3. The van der Waals surface area contributed by atoms with Gasteiger partial charge in [-0.05, 0) is 87.0 Å². The molecule has 0 unspecified atom stereocenters. The first-order valence-electron chi connectivity index (χ1n) is 24.5. The van der Waals surface area contributed by atoms with Crippen LogP contribution in [0.3, 0.4) is 0 Å². The molecule has 2 saturated carbocycles. The van der Waals surface area contributed by atoms with Crippen LogP contribution in [0.5, 0.6) is 0 Å². The molecule has 68 heavy (non-hydrogen) atoms. The molecule has 0 spiro atoms. The van der Waals surface area contributed by atoms with Gasteiger partial charge in [0.25, 0.3) is 0 Å². The maximum atomic E-state index is 15.1. The fourth-order valence-electron chi connectivity index (χ4n) is 10.3. The topological polar surface area (TPSA) is 76.2 Å². The van der Waals surface area contributed by atoms with Gasteiger partial charge in [0.15, 0.2) is 5.78 Å². The van der Waals surface area contributed by atoms with E-state index in [1.165, 1.54) is 79.3 Å². The number of aliphatic hydroxyl groups is 1. The van der Waals surface area contributed by atoms with E-state index in [1.807, 2.05) is 57.3 Å². The Labute approximate surface area is 416 Å². The quantitative estimate of drug-likeness (QED) is 0.0839. The second-order valence-corrected chi connectivity index (χ2v) is 19.9. The molecule has 2 aliphatic carbocycles. The molecule has 7 heteroatoms. The molecule has 0 saturated heterocycles. The first-order chi connectivity index (χ1) is 32.3. The SMILES string of the molecule is Cc1[c-]c(-c2nccc3c(F)c(C(C)C)ccc23)c2oc3ccccc3c2c1.Cc1[c-]c(-c2nccc3cc(CC(C)C)ccc23)cc(C)c1.O=C(/C=C(\O)CC1CCCC1)CC1CCCC1.[Ir]. The Balaban J connectivity index is 0.000000155. The van der Waals surface area contributed by atoms with Crippen LogP contribution in [0.4, 0.5) is 4.39 Å². The van der Waals surface area contributed by atoms with Crippen molar-refractivity contribution in [1.82, 2.24) is 9.97 Å². The van der Waals surface area contributed by atoms with Crippen LogP contribution >= 0.6 is 0 Å². The predicted molar refractivity (Wildman–Crippen MR) is 275 cm³/mol. The number of benzene rings is 5. The predicted octanol–water partition coefficient (Wildman–Crippen LogP) is 16.8. The summed E-state index contributed by atoms with van der Waals surface area (Å²) in [7, 11) is 0. The van der Waals surface area contributed by atoms with Crippen molar-refractivity contribution in [2.75, 3.05) is 0 Å². The van der Waals surface area contributed by atoms with Crippen molar-refractivity contribution >= 4 is 49.3 Å². The number of halogens is 1. The fourth-order valence-corrected chi connectivity index (χ4v) is 10.3. The van der Waals surface area contributed by atoms with Crippen molar-refractivity contribution in [2.24, 2.45) is 17.8 Å². The largest absolute Gasteiger partial charge is 0.512 e. The second kappa shape index (κ2) is 22.7. The Hall–Kier alpha value is -5.49. The Bertz CT molecular complexity index is 3040. The summed E-state index contributed by atoms with van der Waals surface area (Å²) in [6, 6.07) is 35.6. The van der Waals surface area contributed by atoms with Crippen LogP contribution in [0.2, 0.25) is 0 Å². The zero-order valence-electron chi connectivity index (χ0n) is 40.8. The maximum absolute atomic E-state index is 15.1. The third-order valence-corrected chi connectivity index (χ3v) is 13.5. The molecular weight excluding hydrogens is 1020 g/mol. The van der Waals surface area contributed by atoms with Gasteiger partial charge in [-0.15, -0.1) is 52.6 Å². The number of aryl methyl sites for hydroxylation is 3. The summed E-state index contributed by atoms with van der Waals surface area (Å²) in [5, 5.41) is 15.7. The van der Waals surface area contributed by atoms with Crippen molar-refractivity contribution in [3.8, 4) is 22.5 Å². The molecule has 3 heterocycles. The number of hydrogen-bond donors (Lipinski definition) is 1. The molecule has 2 fully saturated rings. The molecule has 1 N–H and O–H groups in total. The van der Waals surface area contributed by atoms with Crippen LogP contribution in [0.15, 0.2) is 114 Å². The molecule has 0 amide bonds. The molecule has 1 radical (unpaired) electrons. The minimum atomic E-state index is -0.176. The Morgan fingerprint density at radius 1 is 0.735 bits per heavy atom. The molecule has 5 nitrogen and oxygen atoms in total. The zero-order chi connectivity index (χ0) is 47.2. The van der Waals surface area contributed by atoms with Gasteiger partial charge < -0.3 is 19.5 Å². The number of para-hydroxylation sites is 1. The number of pyridine rings is 2. The van der Waals surface area contributed by atoms with Crippen molar-refractivity contribution in [3.05, 3.63) is 155 Å². The summed E-state index contributed by atoms with van der Waals surface area (Å²) in [4.78, 5) is 21.0. The molecule has 5 aromatic carbocycles. The van der Waals surface area contributed by atoms with E-state index in [4.69, 9.17) is 4.42 Å². The number of furan rings is 1. The van der Waals surface area contributed by atoms with Gasteiger partial charge in [-0.25, -0.2) is 4.39 Å². The number of carbonyl (C=O) groups is 1. The van der Waals surface area contributed by atoms with Crippen LogP contribution in [0.25, 0.3) is 66.0 Å². The Morgan fingerprint density at radius 3 is 2.10 bits per heavy atom. The minimum Gasteiger partial charge on any atom is -0.512 e. The third-order valence-electron chi connectivity index (χ3n) is 13.5. The fraction of sp³-hybridized carbons (Fsp3) is 0.361. The molecular formula is C61H65FIrN2O3-2. The number of hydrogen-bond acceptors (Lipinski definition) is 5. The van der Waals surface area contributed by atoms with Gasteiger partial charge in [0.2, 0.25) is 0 Å². The molecule has 0 atom stereocenters. The van der Waals surface area contributed by atoms with Gasteiger partial charge in [-0.2, -0.15) is 0 Å². The van der Waals surface area contributed by atoms with Crippen molar-refractivity contribution < 1.29 is 38.8 Å². The second-order valence-electron chi connectivity index (χ2n) is 19.9. The summed E-state index contributed by atoms with van der Waals surface area (Å²) in [6.45, 7) is 14.7. The van der Waals surface area contributed by atoms with Gasteiger partial charge in [-0.3, -0.25) is 4.79 Å². The number of carbonyl (C=O) groups excluding carboxylic acids is 1. The van der Waals surface area contributed by atoms with Crippen molar-refractivity contribution in [2.45, 2.75) is 125 Å². The number of fused-ring (bicyclic) bond motifs is 5. The van der Waals surface area contributed by atoms with E-state index in [1.54, 1.807) is 12.3 Å². The van der Waals surface area contributed by atoms with Crippen LogP contribution in [-0.2, 0) is 31.3 Å². The van der Waals surface area contributed by atoms with Crippen molar-refractivity contribution in [1.29, 1.82) is 0 Å². The molecule has 355 valence electrons. The van der Waals surface area contributed by atoms with Crippen LogP contribution in [0, 0.1) is 56.5 Å². The summed E-state index contributed by atoms with van der Waals surface area (Å²) >= 11 is 0. The van der Waals surface area contributed by atoms with Gasteiger partial charge in [-0.1, -0.05) is 159 Å². The average molecular weight is 1090 g/mol. The normalized spacial score (nSPS) is 14.4. The van der Waals surface area contributed by atoms with Crippen LogP contribution in [0.1, 0.15) is 126 Å². The number of allylic oxidation sites excluding steroid dienone is 2. The smallest absolute Gasteiger partial charge is 0.159 e. The maximum Gasteiger partial charge on any atom is 0.159 e. The van der Waals surface area contributed by atoms with E-state index < -0.39 is 0 Å². The Morgan fingerprint density at radius 2 is 1.40 bits per heavy atom. The minimum absolute atomic E-state index is 0. The van der Waals surface area contributed by atoms with Crippen LogP contribution in [-0.4, -0.2) is 20.9 Å². The van der Waals surface area contributed by atoms with Gasteiger partial charge >= 0.3 is 0 Å². The van der Waals surface area contributed by atoms with Crippen molar-refractivity contribution in [3.63, 3.8) is 0 Å². The first-order valence-corrected chi connectivity index (χ1v) is 24.5. The van der Waals surface area contributed by atoms with E-state index in [9.17, 15) is 9.90 Å². The summed E-state index contributed by atoms with van der Waals surface area (Å²) in [5.74, 6) is 2.26. The molecule has 10 rings (SSSR count). The molecule has 3 aromatic heterocycles. The Kier molecular flexibility index (Phi) is 16.9. The zero-order valence-corrected chi connectivity index (χ0v) is 43.2. The van der Waals surface area contributed by atoms with Gasteiger partial charge in [0.1, 0.15) is 11.4 Å². The summed E-state index contributed by atoms with van der Waals surface area (Å²) in [5.41, 5.74) is 10.6. The van der Waals surface area contributed by atoms with E-state index in [-0.39, 0.29) is 37.6 Å².